The Morgan fingerprint density at radius 1 is 1.43 bits per heavy atom. The monoisotopic (exact) mass is 320 g/mol. The van der Waals surface area contributed by atoms with Crippen LogP contribution >= 0.6 is 0 Å². The molecule has 23 heavy (non-hydrogen) atoms. The van der Waals surface area contributed by atoms with E-state index in [9.17, 15) is 9.50 Å². The fraction of sp³-hybridized carbons (Fsp3) is 0.556. The van der Waals surface area contributed by atoms with E-state index in [1.165, 1.54) is 6.07 Å². The Morgan fingerprint density at radius 3 is 3.00 bits per heavy atom. The van der Waals surface area contributed by atoms with Gasteiger partial charge in [0.15, 0.2) is 0 Å². The van der Waals surface area contributed by atoms with E-state index in [4.69, 9.17) is 4.74 Å². The number of rotatable bonds is 6. The molecule has 0 amide bonds. The number of aryl methyl sites for hydroxylation is 1. The number of ether oxygens (including phenoxy) is 1. The van der Waals surface area contributed by atoms with Gasteiger partial charge in [0, 0.05) is 36.3 Å². The molecule has 2 aromatic rings. The van der Waals surface area contributed by atoms with Crippen LogP contribution in [-0.2, 0) is 11.3 Å². The van der Waals surface area contributed by atoms with Crippen molar-refractivity contribution in [3.8, 4) is 0 Å². The largest absolute Gasteiger partial charge is 0.390 e. The maximum absolute atomic E-state index is 13.5. The van der Waals surface area contributed by atoms with E-state index >= 15 is 0 Å². The Labute approximate surface area is 136 Å². The van der Waals surface area contributed by atoms with Crippen molar-refractivity contribution in [2.45, 2.75) is 45.4 Å². The first-order valence-electron chi connectivity index (χ1n) is 8.31. The number of aliphatic hydroxyl groups excluding tert-OH is 1. The number of nitrogens with one attached hydrogen (secondary N) is 1. The summed E-state index contributed by atoms with van der Waals surface area (Å²) in [6.07, 6.45) is 2.01. The number of nitrogens with zero attached hydrogens (tertiary/aromatic N) is 1. The van der Waals surface area contributed by atoms with Crippen molar-refractivity contribution in [2.75, 3.05) is 19.7 Å². The molecule has 2 heterocycles. The molecule has 1 fully saturated rings. The van der Waals surface area contributed by atoms with Gasteiger partial charge in [0.05, 0.1) is 18.8 Å². The quantitative estimate of drug-likeness (QED) is 0.860. The molecule has 0 spiro atoms. The Morgan fingerprint density at radius 2 is 2.26 bits per heavy atom. The van der Waals surface area contributed by atoms with E-state index in [1.54, 1.807) is 12.1 Å². The highest BCUT2D eigenvalue weighted by Crippen LogP contribution is 2.26. The molecule has 0 bridgehead atoms. The molecule has 1 saturated heterocycles. The minimum Gasteiger partial charge on any atom is -0.390 e. The van der Waals surface area contributed by atoms with E-state index in [0.29, 0.717) is 13.1 Å². The standard InChI is InChI=1S/C18H25FN2O2/c1-12-13(2)21(18-6-5-14(19)8-17(12)18)11-15(22)9-20-10-16-4-3-7-23-16/h5-6,8,15-16,20,22H,3-4,7,9-11H2,1-2H3/t15-,16+/m0/s1. The first kappa shape index (κ1) is 16.4. The van der Waals surface area contributed by atoms with Gasteiger partial charge in [-0.1, -0.05) is 0 Å². The number of hydrogen-bond acceptors (Lipinski definition) is 3. The summed E-state index contributed by atoms with van der Waals surface area (Å²) in [6, 6.07) is 4.83. The van der Waals surface area contributed by atoms with Gasteiger partial charge >= 0.3 is 0 Å². The summed E-state index contributed by atoms with van der Waals surface area (Å²) in [5.41, 5.74) is 3.11. The Kier molecular flexibility index (Phi) is 4.99. The molecule has 0 unspecified atom stereocenters. The highest BCUT2D eigenvalue weighted by molar-refractivity contribution is 5.85. The zero-order chi connectivity index (χ0) is 16.4. The molecule has 0 radical (unpaired) electrons. The maximum atomic E-state index is 13.5. The highest BCUT2D eigenvalue weighted by atomic mass is 19.1. The lowest BCUT2D eigenvalue weighted by Crippen LogP contribution is -2.35. The number of aliphatic hydroxyl groups is 1. The predicted octanol–water partition coefficient (Wildman–Crippen LogP) is 2.53. The molecule has 2 N–H and O–H groups in total. The molecule has 5 heteroatoms. The summed E-state index contributed by atoms with van der Waals surface area (Å²) < 4.78 is 21.1. The third-order valence-corrected chi connectivity index (χ3v) is 4.77. The van der Waals surface area contributed by atoms with Gasteiger partial charge in [-0.2, -0.15) is 0 Å². The van der Waals surface area contributed by atoms with E-state index in [-0.39, 0.29) is 11.9 Å². The van der Waals surface area contributed by atoms with Gasteiger partial charge in [0.2, 0.25) is 0 Å². The molecule has 1 aliphatic heterocycles. The number of hydrogen-bond donors (Lipinski definition) is 2. The number of fused-ring (bicyclic) bond motifs is 1. The van der Waals surface area contributed by atoms with Crippen molar-refractivity contribution in [1.82, 2.24) is 9.88 Å². The van der Waals surface area contributed by atoms with E-state index in [0.717, 1.165) is 48.2 Å². The molecule has 1 aromatic heterocycles. The summed E-state index contributed by atoms with van der Waals surface area (Å²) in [4.78, 5) is 0. The van der Waals surface area contributed by atoms with Crippen LogP contribution < -0.4 is 5.32 Å². The third-order valence-electron chi connectivity index (χ3n) is 4.77. The number of aromatic nitrogens is 1. The summed E-state index contributed by atoms with van der Waals surface area (Å²) in [7, 11) is 0. The van der Waals surface area contributed by atoms with Crippen molar-refractivity contribution < 1.29 is 14.2 Å². The number of benzene rings is 1. The molecular weight excluding hydrogens is 295 g/mol. The molecule has 0 saturated carbocycles. The van der Waals surface area contributed by atoms with Gasteiger partial charge in [0.1, 0.15) is 5.82 Å². The van der Waals surface area contributed by atoms with Crippen molar-refractivity contribution in [2.24, 2.45) is 0 Å². The lowest BCUT2D eigenvalue weighted by Gasteiger charge is -2.17. The minimum atomic E-state index is -0.491. The van der Waals surface area contributed by atoms with Crippen LogP contribution in [0.5, 0.6) is 0 Å². The molecule has 0 aliphatic carbocycles. The van der Waals surface area contributed by atoms with Crippen molar-refractivity contribution in [1.29, 1.82) is 0 Å². The second kappa shape index (κ2) is 6.99. The smallest absolute Gasteiger partial charge is 0.123 e. The first-order valence-corrected chi connectivity index (χ1v) is 8.31. The maximum Gasteiger partial charge on any atom is 0.123 e. The van der Waals surface area contributed by atoms with Crippen molar-refractivity contribution in [3.63, 3.8) is 0 Å². The molecule has 2 atom stereocenters. The van der Waals surface area contributed by atoms with Crippen LogP contribution in [0.4, 0.5) is 4.39 Å². The second-order valence-corrected chi connectivity index (χ2v) is 6.43. The Hall–Kier alpha value is -1.43. The van der Waals surface area contributed by atoms with E-state index in [2.05, 4.69) is 9.88 Å². The molecule has 1 aliphatic rings. The zero-order valence-electron chi connectivity index (χ0n) is 13.8. The average Bonchev–Trinajstić information content (AvgIpc) is 3.11. The number of halogens is 1. The Balaban J connectivity index is 1.64. The molecule has 4 nitrogen and oxygen atoms in total. The SMILES string of the molecule is Cc1c(C)n(C[C@@H](O)CNC[C@H]2CCCO2)c2ccc(F)cc12. The van der Waals surface area contributed by atoms with Gasteiger partial charge in [-0.05, 0) is 50.5 Å². The first-order chi connectivity index (χ1) is 11.1. The second-order valence-electron chi connectivity index (χ2n) is 6.43. The highest BCUT2D eigenvalue weighted by Gasteiger charge is 2.17. The topological polar surface area (TPSA) is 46.4 Å². The fourth-order valence-corrected chi connectivity index (χ4v) is 3.35. The fourth-order valence-electron chi connectivity index (χ4n) is 3.35. The normalized spacial score (nSPS) is 19.6. The van der Waals surface area contributed by atoms with Gasteiger partial charge in [-0.3, -0.25) is 0 Å². The summed E-state index contributed by atoms with van der Waals surface area (Å²) >= 11 is 0. The van der Waals surface area contributed by atoms with Crippen molar-refractivity contribution >= 4 is 10.9 Å². The van der Waals surface area contributed by atoms with Crippen LogP contribution in [0.25, 0.3) is 10.9 Å². The van der Waals surface area contributed by atoms with Crippen LogP contribution in [0.2, 0.25) is 0 Å². The Bertz CT molecular complexity index is 677. The molecule has 1 aromatic carbocycles. The van der Waals surface area contributed by atoms with Crippen LogP contribution in [0.1, 0.15) is 24.1 Å². The predicted molar refractivity (Wildman–Crippen MR) is 89.2 cm³/mol. The van der Waals surface area contributed by atoms with Gasteiger partial charge < -0.3 is 19.7 Å². The third kappa shape index (κ3) is 3.57. The van der Waals surface area contributed by atoms with Crippen LogP contribution in [0.15, 0.2) is 18.2 Å². The van der Waals surface area contributed by atoms with Gasteiger partial charge in [-0.15, -0.1) is 0 Å². The van der Waals surface area contributed by atoms with Gasteiger partial charge in [-0.25, -0.2) is 4.39 Å². The van der Waals surface area contributed by atoms with Crippen LogP contribution in [-0.4, -0.2) is 41.6 Å². The molecule has 3 rings (SSSR count). The lowest BCUT2D eigenvalue weighted by atomic mass is 10.1. The summed E-state index contributed by atoms with van der Waals surface area (Å²) in [6.45, 7) is 6.67. The zero-order valence-corrected chi connectivity index (χ0v) is 13.8. The van der Waals surface area contributed by atoms with Crippen LogP contribution in [0.3, 0.4) is 0 Å². The van der Waals surface area contributed by atoms with E-state index in [1.807, 2.05) is 13.8 Å². The molecule has 126 valence electrons. The van der Waals surface area contributed by atoms with Crippen LogP contribution in [0, 0.1) is 19.7 Å². The lowest BCUT2D eigenvalue weighted by molar-refractivity contribution is 0.101. The van der Waals surface area contributed by atoms with Crippen molar-refractivity contribution in [3.05, 3.63) is 35.3 Å². The minimum absolute atomic E-state index is 0.225. The van der Waals surface area contributed by atoms with E-state index < -0.39 is 6.10 Å². The average molecular weight is 320 g/mol. The molecular formula is C18H25FN2O2. The summed E-state index contributed by atoms with van der Waals surface area (Å²) in [5, 5.41) is 14.5. The summed E-state index contributed by atoms with van der Waals surface area (Å²) in [5.74, 6) is -0.225. The van der Waals surface area contributed by atoms with Gasteiger partial charge in [0.25, 0.3) is 0 Å².